The Morgan fingerprint density at radius 2 is 2.30 bits per heavy atom. The molecule has 0 radical (unpaired) electrons. The van der Waals surface area contributed by atoms with Crippen LogP contribution in [0.4, 0.5) is 0 Å². The molecular formula is C14H17N3O3. The maximum atomic E-state index is 12.1. The third-order valence-corrected chi connectivity index (χ3v) is 3.97. The fraction of sp³-hybridized carbons (Fsp3) is 0.429. The molecule has 0 spiro atoms. The minimum Gasteiger partial charge on any atom is -0.478 e. The predicted octanol–water partition coefficient (Wildman–Crippen LogP) is 0.979. The van der Waals surface area contributed by atoms with Crippen LogP contribution < -0.4 is 5.69 Å². The highest BCUT2D eigenvalue weighted by Crippen LogP contribution is 2.20. The van der Waals surface area contributed by atoms with E-state index in [4.69, 9.17) is 5.11 Å². The molecule has 6 nitrogen and oxygen atoms in total. The fourth-order valence-corrected chi connectivity index (χ4v) is 2.97. The number of nitrogens with zero attached hydrogens (tertiary/aromatic N) is 2. The lowest BCUT2D eigenvalue weighted by Gasteiger charge is -2.11. The maximum Gasteiger partial charge on any atom is 0.337 e. The molecule has 1 aromatic carbocycles. The topological polar surface area (TPSA) is 78.3 Å². The van der Waals surface area contributed by atoms with Crippen LogP contribution >= 0.6 is 0 Å². The summed E-state index contributed by atoms with van der Waals surface area (Å²) in [5.74, 6) is -0.588. The molecule has 1 aliphatic heterocycles. The molecule has 1 saturated heterocycles. The SMILES string of the molecule is CN1CCC(Cn2c(=O)[nH]c3c(C(=O)O)cccc32)C1. The monoisotopic (exact) mass is 275 g/mol. The summed E-state index contributed by atoms with van der Waals surface area (Å²) in [7, 11) is 2.07. The van der Waals surface area contributed by atoms with Crippen LogP contribution in [-0.2, 0) is 6.54 Å². The molecule has 0 saturated carbocycles. The highest BCUT2D eigenvalue weighted by molar-refractivity contribution is 6.00. The van der Waals surface area contributed by atoms with E-state index in [9.17, 15) is 9.59 Å². The van der Waals surface area contributed by atoms with Gasteiger partial charge >= 0.3 is 11.7 Å². The molecule has 0 aliphatic carbocycles. The Morgan fingerprint density at radius 1 is 1.50 bits per heavy atom. The third kappa shape index (κ3) is 2.12. The second-order valence-electron chi connectivity index (χ2n) is 5.46. The van der Waals surface area contributed by atoms with Gasteiger partial charge in [0.1, 0.15) is 0 Å². The Bertz CT molecular complexity index is 716. The van der Waals surface area contributed by atoms with E-state index in [2.05, 4.69) is 16.9 Å². The van der Waals surface area contributed by atoms with Crippen LogP contribution in [0.3, 0.4) is 0 Å². The van der Waals surface area contributed by atoms with Gasteiger partial charge in [-0.2, -0.15) is 0 Å². The second kappa shape index (κ2) is 4.79. The molecular weight excluding hydrogens is 258 g/mol. The lowest BCUT2D eigenvalue weighted by molar-refractivity contribution is 0.0699. The molecule has 0 bridgehead atoms. The number of carboxylic acid groups (broad SMARTS) is 1. The number of rotatable bonds is 3. The molecule has 1 aromatic heterocycles. The van der Waals surface area contributed by atoms with Crippen molar-refractivity contribution in [1.29, 1.82) is 0 Å². The van der Waals surface area contributed by atoms with Crippen molar-refractivity contribution >= 4 is 17.0 Å². The van der Waals surface area contributed by atoms with E-state index in [-0.39, 0.29) is 11.3 Å². The minimum absolute atomic E-state index is 0.141. The van der Waals surface area contributed by atoms with Gasteiger partial charge in [0.05, 0.1) is 16.6 Å². The smallest absolute Gasteiger partial charge is 0.337 e. The summed E-state index contributed by atoms with van der Waals surface area (Å²) >= 11 is 0. The highest BCUT2D eigenvalue weighted by Gasteiger charge is 2.22. The van der Waals surface area contributed by atoms with Crippen molar-refractivity contribution in [3.63, 3.8) is 0 Å². The average Bonchev–Trinajstić information content (AvgIpc) is 2.94. The van der Waals surface area contributed by atoms with Gasteiger partial charge in [-0.15, -0.1) is 0 Å². The summed E-state index contributed by atoms with van der Waals surface area (Å²) < 4.78 is 1.66. The number of carboxylic acids is 1. The Labute approximate surface area is 115 Å². The molecule has 1 aliphatic rings. The molecule has 20 heavy (non-hydrogen) atoms. The molecule has 1 fully saturated rings. The average molecular weight is 275 g/mol. The molecule has 2 N–H and O–H groups in total. The number of fused-ring (bicyclic) bond motifs is 1. The number of likely N-dealkylation sites (tertiary alicyclic amines) is 1. The highest BCUT2D eigenvalue weighted by atomic mass is 16.4. The first-order valence-electron chi connectivity index (χ1n) is 6.69. The van der Waals surface area contributed by atoms with Crippen LogP contribution in [0.1, 0.15) is 16.8 Å². The largest absolute Gasteiger partial charge is 0.478 e. The Balaban J connectivity index is 2.03. The predicted molar refractivity (Wildman–Crippen MR) is 75.1 cm³/mol. The van der Waals surface area contributed by atoms with Crippen molar-refractivity contribution < 1.29 is 9.90 Å². The number of imidazole rings is 1. The zero-order valence-electron chi connectivity index (χ0n) is 11.3. The molecule has 2 heterocycles. The number of H-pyrrole nitrogens is 1. The van der Waals surface area contributed by atoms with E-state index in [1.54, 1.807) is 16.7 Å². The van der Waals surface area contributed by atoms with Gasteiger partial charge in [-0.05, 0) is 38.1 Å². The fourth-order valence-electron chi connectivity index (χ4n) is 2.97. The van der Waals surface area contributed by atoms with Crippen molar-refractivity contribution in [3.05, 3.63) is 34.2 Å². The zero-order chi connectivity index (χ0) is 14.3. The number of aromatic amines is 1. The number of aromatic nitrogens is 2. The van der Waals surface area contributed by atoms with Crippen molar-refractivity contribution in [1.82, 2.24) is 14.5 Å². The number of nitrogens with one attached hydrogen (secondary N) is 1. The van der Waals surface area contributed by atoms with Gasteiger partial charge in [0.25, 0.3) is 0 Å². The zero-order valence-corrected chi connectivity index (χ0v) is 11.3. The van der Waals surface area contributed by atoms with Crippen LogP contribution in [0, 0.1) is 5.92 Å². The van der Waals surface area contributed by atoms with Crippen LogP contribution in [0.25, 0.3) is 11.0 Å². The number of carbonyl (C=O) groups is 1. The lowest BCUT2D eigenvalue weighted by atomic mass is 10.1. The normalized spacial score (nSPS) is 19.8. The van der Waals surface area contributed by atoms with Crippen LogP contribution in [0.5, 0.6) is 0 Å². The van der Waals surface area contributed by atoms with Crippen LogP contribution in [0.2, 0.25) is 0 Å². The number of para-hydroxylation sites is 1. The maximum absolute atomic E-state index is 12.1. The standard InChI is InChI=1S/C14H17N3O3/c1-16-6-5-9(7-16)8-17-11-4-2-3-10(13(18)19)12(11)15-14(17)20/h2-4,9H,5-8H2,1H3,(H,15,20)(H,18,19). The number of hydrogen-bond acceptors (Lipinski definition) is 3. The van der Waals surface area contributed by atoms with E-state index in [1.165, 1.54) is 6.07 Å². The van der Waals surface area contributed by atoms with E-state index < -0.39 is 5.97 Å². The number of hydrogen-bond donors (Lipinski definition) is 2. The van der Waals surface area contributed by atoms with E-state index in [0.29, 0.717) is 23.5 Å². The molecule has 106 valence electrons. The number of benzene rings is 1. The van der Waals surface area contributed by atoms with Crippen LogP contribution in [0.15, 0.2) is 23.0 Å². The Hall–Kier alpha value is -2.08. The van der Waals surface area contributed by atoms with E-state index in [1.807, 2.05) is 0 Å². The Kier molecular flexibility index (Phi) is 3.10. The van der Waals surface area contributed by atoms with E-state index >= 15 is 0 Å². The summed E-state index contributed by atoms with van der Waals surface area (Å²) in [6.07, 6.45) is 1.06. The first-order chi connectivity index (χ1) is 9.56. The van der Waals surface area contributed by atoms with Gasteiger partial charge in [0, 0.05) is 13.1 Å². The van der Waals surface area contributed by atoms with Crippen LogP contribution in [-0.4, -0.2) is 45.7 Å². The van der Waals surface area contributed by atoms with Crippen molar-refractivity contribution in [2.24, 2.45) is 5.92 Å². The van der Waals surface area contributed by atoms with Crippen molar-refractivity contribution in [2.45, 2.75) is 13.0 Å². The second-order valence-corrected chi connectivity index (χ2v) is 5.46. The summed E-state index contributed by atoms with van der Waals surface area (Å²) in [5.41, 5.74) is 0.992. The van der Waals surface area contributed by atoms with Gasteiger partial charge < -0.3 is 15.0 Å². The van der Waals surface area contributed by atoms with Gasteiger partial charge in [0.15, 0.2) is 0 Å². The van der Waals surface area contributed by atoms with E-state index in [0.717, 1.165) is 19.5 Å². The summed E-state index contributed by atoms with van der Waals surface area (Å²) in [6.45, 7) is 2.64. The summed E-state index contributed by atoms with van der Waals surface area (Å²) in [5, 5.41) is 9.16. The van der Waals surface area contributed by atoms with Gasteiger partial charge in [-0.3, -0.25) is 4.57 Å². The van der Waals surface area contributed by atoms with Gasteiger partial charge in [-0.1, -0.05) is 6.07 Å². The summed E-state index contributed by atoms with van der Waals surface area (Å²) in [4.78, 5) is 28.2. The molecule has 1 atom stereocenters. The molecule has 3 rings (SSSR count). The first kappa shape index (κ1) is 12.9. The molecule has 1 unspecified atom stereocenters. The van der Waals surface area contributed by atoms with Gasteiger partial charge in [0.2, 0.25) is 0 Å². The Morgan fingerprint density at radius 3 is 2.95 bits per heavy atom. The quantitative estimate of drug-likeness (QED) is 0.875. The first-order valence-corrected chi connectivity index (χ1v) is 6.69. The van der Waals surface area contributed by atoms with Crippen molar-refractivity contribution in [2.75, 3.05) is 20.1 Å². The molecule has 6 heteroatoms. The number of aromatic carboxylic acids is 1. The van der Waals surface area contributed by atoms with Crippen molar-refractivity contribution in [3.8, 4) is 0 Å². The lowest BCUT2D eigenvalue weighted by Crippen LogP contribution is -2.23. The minimum atomic E-state index is -1.02. The third-order valence-electron chi connectivity index (χ3n) is 3.97. The molecule has 2 aromatic rings. The molecule has 0 amide bonds. The van der Waals surface area contributed by atoms with Gasteiger partial charge in [-0.25, -0.2) is 9.59 Å². The summed E-state index contributed by atoms with van der Waals surface area (Å²) in [6, 6.07) is 4.98.